The SMILES string of the molecule is NCC(=O)NCCCCC(NC(=O)CCCCCCCCCCCCCCC(=O)O)C(=O)O. The van der Waals surface area contributed by atoms with Crippen LogP contribution in [0, 0.1) is 0 Å². The van der Waals surface area contributed by atoms with Crippen LogP contribution in [-0.2, 0) is 19.2 Å². The van der Waals surface area contributed by atoms with Crippen molar-refractivity contribution < 1.29 is 29.4 Å². The maximum absolute atomic E-state index is 12.0. The Labute approximate surface area is 198 Å². The molecule has 0 rings (SSSR count). The van der Waals surface area contributed by atoms with Gasteiger partial charge in [-0.25, -0.2) is 4.79 Å². The third kappa shape index (κ3) is 21.4. The predicted molar refractivity (Wildman–Crippen MR) is 128 cm³/mol. The molecule has 9 nitrogen and oxygen atoms in total. The average molecular weight is 472 g/mol. The summed E-state index contributed by atoms with van der Waals surface area (Å²) in [4.78, 5) is 44.8. The lowest BCUT2D eigenvalue weighted by molar-refractivity contribution is -0.142. The first kappa shape index (κ1) is 30.8. The summed E-state index contributed by atoms with van der Waals surface area (Å²) in [7, 11) is 0. The molecule has 0 radical (unpaired) electrons. The Morgan fingerprint density at radius 1 is 0.636 bits per heavy atom. The van der Waals surface area contributed by atoms with Gasteiger partial charge in [0.2, 0.25) is 11.8 Å². The van der Waals surface area contributed by atoms with Crippen LogP contribution in [0.25, 0.3) is 0 Å². The van der Waals surface area contributed by atoms with E-state index < -0.39 is 18.0 Å². The second kappa shape index (κ2) is 21.7. The summed E-state index contributed by atoms with van der Waals surface area (Å²) >= 11 is 0. The van der Waals surface area contributed by atoms with E-state index in [1.165, 1.54) is 32.1 Å². The number of amides is 2. The van der Waals surface area contributed by atoms with Gasteiger partial charge in [-0.2, -0.15) is 0 Å². The van der Waals surface area contributed by atoms with E-state index in [0.717, 1.165) is 44.9 Å². The molecule has 33 heavy (non-hydrogen) atoms. The van der Waals surface area contributed by atoms with Crippen LogP contribution >= 0.6 is 0 Å². The molecule has 9 heteroatoms. The number of carbonyl (C=O) groups excluding carboxylic acids is 2. The first-order valence-corrected chi connectivity index (χ1v) is 12.6. The fraction of sp³-hybridized carbons (Fsp3) is 0.833. The van der Waals surface area contributed by atoms with Crippen molar-refractivity contribution in [2.75, 3.05) is 13.1 Å². The highest BCUT2D eigenvalue weighted by molar-refractivity contribution is 5.83. The predicted octanol–water partition coefficient (Wildman–Crippen LogP) is 3.35. The normalized spacial score (nSPS) is 11.7. The molecule has 0 aromatic carbocycles. The molecule has 0 saturated carbocycles. The maximum Gasteiger partial charge on any atom is 0.326 e. The number of unbranched alkanes of at least 4 members (excludes halogenated alkanes) is 12. The number of nitrogens with one attached hydrogen (secondary N) is 2. The second-order valence-electron chi connectivity index (χ2n) is 8.64. The molecule has 0 spiro atoms. The van der Waals surface area contributed by atoms with Crippen LogP contribution in [-0.4, -0.2) is 53.1 Å². The van der Waals surface area contributed by atoms with Crippen LogP contribution in [0.15, 0.2) is 0 Å². The van der Waals surface area contributed by atoms with Crippen LogP contribution in [0.3, 0.4) is 0 Å². The second-order valence-corrected chi connectivity index (χ2v) is 8.64. The fourth-order valence-electron chi connectivity index (χ4n) is 3.63. The highest BCUT2D eigenvalue weighted by Gasteiger charge is 2.19. The Morgan fingerprint density at radius 2 is 1.12 bits per heavy atom. The van der Waals surface area contributed by atoms with E-state index in [-0.39, 0.29) is 24.8 Å². The lowest BCUT2D eigenvalue weighted by atomic mass is 10.0. The highest BCUT2D eigenvalue weighted by atomic mass is 16.4. The molecule has 0 fully saturated rings. The van der Waals surface area contributed by atoms with Gasteiger partial charge >= 0.3 is 11.9 Å². The number of nitrogens with two attached hydrogens (primary N) is 1. The van der Waals surface area contributed by atoms with Gasteiger partial charge in [-0.3, -0.25) is 14.4 Å². The Balaban J connectivity index is 3.58. The first-order chi connectivity index (χ1) is 15.9. The van der Waals surface area contributed by atoms with E-state index in [9.17, 15) is 24.3 Å². The standard InChI is InChI=1S/C24H45N3O6/c25-19-22(29)26-18-14-13-15-20(24(32)33)27-21(28)16-11-9-7-5-3-1-2-4-6-8-10-12-17-23(30)31/h20H,1-19,25H2,(H,26,29)(H,27,28)(H,30,31)(H,32,33). The van der Waals surface area contributed by atoms with E-state index in [2.05, 4.69) is 10.6 Å². The lowest BCUT2D eigenvalue weighted by Gasteiger charge is -2.14. The van der Waals surface area contributed by atoms with E-state index in [1.54, 1.807) is 0 Å². The molecular formula is C24H45N3O6. The summed E-state index contributed by atoms with van der Waals surface area (Å²) in [5.74, 6) is -2.20. The third-order valence-corrected chi connectivity index (χ3v) is 5.60. The Hall–Kier alpha value is -2.16. The minimum atomic E-state index is -1.03. The molecule has 192 valence electrons. The van der Waals surface area contributed by atoms with Gasteiger partial charge in [0.15, 0.2) is 0 Å². The zero-order chi connectivity index (χ0) is 24.7. The van der Waals surface area contributed by atoms with Crippen LogP contribution in [0.1, 0.15) is 109 Å². The maximum atomic E-state index is 12.0. The van der Waals surface area contributed by atoms with Gasteiger partial charge in [0.05, 0.1) is 6.54 Å². The van der Waals surface area contributed by atoms with Gasteiger partial charge in [0.1, 0.15) is 6.04 Å². The van der Waals surface area contributed by atoms with Crippen molar-refractivity contribution in [3.05, 3.63) is 0 Å². The van der Waals surface area contributed by atoms with Gasteiger partial charge in [0.25, 0.3) is 0 Å². The van der Waals surface area contributed by atoms with Crippen LogP contribution in [0.5, 0.6) is 0 Å². The molecule has 6 N–H and O–H groups in total. The van der Waals surface area contributed by atoms with Gasteiger partial charge in [-0.1, -0.05) is 64.2 Å². The molecule has 2 amide bonds. The van der Waals surface area contributed by atoms with E-state index in [1.807, 2.05) is 0 Å². The zero-order valence-electron chi connectivity index (χ0n) is 20.1. The van der Waals surface area contributed by atoms with Crippen molar-refractivity contribution in [2.45, 2.75) is 115 Å². The number of hydrogen-bond acceptors (Lipinski definition) is 5. The molecule has 0 aliphatic rings. The largest absolute Gasteiger partial charge is 0.481 e. The van der Waals surface area contributed by atoms with Crippen molar-refractivity contribution in [1.29, 1.82) is 0 Å². The molecule has 0 aromatic heterocycles. The van der Waals surface area contributed by atoms with Crippen LogP contribution in [0.4, 0.5) is 0 Å². The number of rotatable bonds is 23. The van der Waals surface area contributed by atoms with Gasteiger partial charge in [-0.05, 0) is 32.1 Å². The monoisotopic (exact) mass is 471 g/mol. The molecule has 1 atom stereocenters. The summed E-state index contributed by atoms with van der Waals surface area (Å²) in [6, 6.07) is -0.889. The van der Waals surface area contributed by atoms with Gasteiger partial charge in [0, 0.05) is 19.4 Å². The minimum absolute atomic E-state index is 0.0629. The molecule has 0 saturated heterocycles. The molecule has 0 aliphatic heterocycles. The summed E-state index contributed by atoms with van der Waals surface area (Å²) in [6.45, 7) is 0.386. The third-order valence-electron chi connectivity index (χ3n) is 5.60. The summed E-state index contributed by atoms with van der Waals surface area (Å²) in [5.41, 5.74) is 5.19. The highest BCUT2D eigenvalue weighted by Crippen LogP contribution is 2.13. The summed E-state index contributed by atoms with van der Waals surface area (Å²) < 4.78 is 0. The number of carbonyl (C=O) groups is 4. The van der Waals surface area contributed by atoms with Gasteiger partial charge < -0.3 is 26.6 Å². The van der Waals surface area contributed by atoms with Crippen molar-refractivity contribution in [3.63, 3.8) is 0 Å². The Bertz CT molecular complexity index is 556. The Morgan fingerprint density at radius 3 is 1.58 bits per heavy atom. The van der Waals surface area contributed by atoms with Crippen molar-refractivity contribution in [2.24, 2.45) is 5.73 Å². The summed E-state index contributed by atoms with van der Waals surface area (Å²) in [5, 5.41) is 23.1. The van der Waals surface area contributed by atoms with Crippen LogP contribution < -0.4 is 16.4 Å². The van der Waals surface area contributed by atoms with Gasteiger partial charge in [-0.15, -0.1) is 0 Å². The number of carboxylic acids is 2. The number of hydrogen-bond donors (Lipinski definition) is 5. The van der Waals surface area contributed by atoms with Crippen molar-refractivity contribution >= 4 is 23.8 Å². The van der Waals surface area contributed by atoms with E-state index in [0.29, 0.717) is 32.2 Å². The number of aliphatic carboxylic acids is 2. The first-order valence-electron chi connectivity index (χ1n) is 12.6. The van der Waals surface area contributed by atoms with Crippen molar-refractivity contribution in [1.82, 2.24) is 10.6 Å². The van der Waals surface area contributed by atoms with E-state index in [4.69, 9.17) is 10.8 Å². The topological polar surface area (TPSA) is 159 Å². The van der Waals surface area contributed by atoms with Crippen molar-refractivity contribution in [3.8, 4) is 0 Å². The summed E-state index contributed by atoms with van der Waals surface area (Å²) in [6.07, 6.45) is 15.1. The quantitative estimate of drug-likeness (QED) is 0.143. The molecule has 1 unspecified atom stereocenters. The zero-order valence-corrected chi connectivity index (χ0v) is 20.1. The number of carboxylic acid groups (broad SMARTS) is 2. The molecule has 0 aliphatic carbocycles. The molecule has 0 aromatic rings. The average Bonchev–Trinajstić information content (AvgIpc) is 2.77. The van der Waals surface area contributed by atoms with E-state index >= 15 is 0 Å². The lowest BCUT2D eigenvalue weighted by Crippen LogP contribution is -2.40. The molecule has 0 bridgehead atoms. The fourth-order valence-corrected chi connectivity index (χ4v) is 3.63. The Kier molecular flexibility index (Phi) is 20.3. The smallest absolute Gasteiger partial charge is 0.326 e. The molecular weight excluding hydrogens is 426 g/mol. The minimum Gasteiger partial charge on any atom is -0.481 e. The van der Waals surface area contributed by atoms with Crippen LogP contribution in [0.2, 0.25) is 0 Å². The molecule has 0 heterocycles.